The third kappa shape index (κ3) is 2.40. The number of hydrogen-bond donors (Lipinski definition) is 4. The minimum absolute atomic E-state index is 0.0745. The van der Waals surface area contributed by atoms with Gasteiger partial charge in [0.2, 0.25) is 0 Å². The van der Waals surface area contributed by atoms with Crippen LogP contribution >= 0.6 is 0 Å². The molecule has 0 bridgehead atoms. The highest BCUT2D eigenvalue weighted by molar-refractivity contribution is 5.63. The lowest BCUT2D eigenvalue weighted by molar-refractivity contribution is 0.0247. The van der Waals surface area contributed by atoms with Gasteiger partial charge in [-0.2, -0.15) is 5.10 Å². The number of H-pyrrole nitrogens is 1. The highest BCUT2D eigenvalue weighted by Crippen LogP contribution is 2.27. The lowest BCUT2D eigenvalue weighted by Gasteiger charge is -2.16. The quantitative estimate of drug-likeness (QED) is 0.639. The van der Waals surface area contributed by atoms with Crippen LogP contribution in [0, 0.1) is 5.82 Å². The summed E-state index contributed by atoms with van der Waals surface area (Å²) in [6.45, 7) is -0.0745. The van der Waals surface area contributed by atoms with E-state index < -0.39 is 12.2 Å². The minimum atomic E-state index is -1.16. The Labute approximate surface area is 103 Å². The molecule has 2 atom stereocenters. The molecule has 0 aliphatic carbocycles. The topological polar surface area (TPSA) is 95.2 Å². The normalized spacial score (nSPS) is 14.4. The van der Waals surface area contributed by atoms with Crippen LogP contribution in [0.25, 0.3) is 11.3 Å². The van der Waals surface area contributed by atoms with Crippen LogP contribution in [0.3, 0.4) is 0 Å². The zero-order valence-corrected chi connectivity index (χ0v) is 9.55. The van der Waals surface area contributed by atoms with Crippen LogP contribution in [-0.2, 0) is 0 Å². The van der Waals surface area contributed by atoms with Crippen molar-refractivity contribution in [2.75, 3.05) is 6.54 Å². The summed E-state index contributed by atoms with van der Waals surface area (Å²) in [6, 6.07) is 5.88. The van der Waals surface area contributed by atoms with Crippen molar-refractivity contribution in [1.29, 1.82) is 0 Å². The molecule has 0 aliphatic heterocycles. The van der Waals surface area contributed by atoms with E-state index in [4.69, 9.17) is 5.73 Å². The summed E-state index contributed by atoms with van der Waals surface area (Å²) in [7, 11) is 0. The summed E-state index contributed by atoms with van der Waals surface area (Å²) < 4.78 is 13.2. The van der Waals surface area contributed by atoms with Gasteiger partial charge in [-0.15, -0.1) is 0 Å². The van der Waals surface area contributed by atoms with Crippen molar-refractivity contribution in [2.45, 2.75) is 12.2 Å². The van der Waals surface area contributed by atoms with E-state index in [-0.39, 0.29) is 12.4 Å². The van der Waals surface area contributed by atoms with Gasteiger partial charge >= 0.3 is 0 Å². The fraction of sp³-hybridized carbons (Fsp3) is 0.250. The average molecular weight is 251 g/mol. The molecule has 1 aromatic heterocycles. The molecule has 1 heterocycles. The van der Waals surface area contributed by atoms with Crippen molar-refractivity contribution in [1.82, 2.24) is 10.2 Å². The van der Waals surface area contributed by atoms with Gasteiger partial charge in [0, 0.05) is 17.7 Å². The summed E-state index contributed by atoms with van der Waals surface area (Å²) >= 11 is 0. The fourth-order valence-electron chi connectivity index (χ4n) is 1.73. The SMILES string of the molecule is NCC(O)C(O)c1cn[nH]c1-c1cccc(F)c1. The van der Waals surface area contributed by atoms with Crippen LogP contribution in [0.5, 0.6) is 0 Å². The molecule has 0 saturated heterocycles. The number of hydrogen-bond acceptors (Lipinski definition) is 4. The molecule has 0 fully saturated rings. The molecule has 5 nitrogen and oxygen atoms in total. The first-order valence-electron chi connectivity index (χ1n) is 5.49. The van der Waals surface area contributed by atoms with Gasteiger partial charge in [0.1, 0.15) is 11.9 Å². The van der Waals surface area contributed by atoms with E-state index in [0.29, 0.717) is 16.8 Å². The summed E-state index contributed by atoms with van der Waals surface area (Å²) in [5.74, 6) is -0.387. The van der Waals surface area contributed by atoms with Gasteiger partial charge in [0.15, 0.2) is 0 Å². The van der Waals surface area contributed by atoms with Crippen molar-refractivity contribution < 1.29 is 14.6 Å². The minimum Gasteiger partial charge on any atom is -0.389 e. The molecular formula is C12H14FN3O2. The Kier molecular flexibility index (Phi) is 3.71. The molecule has 0 aliphatic rings. The average Bonchev–Trinajstić information content (AvgIpc) is 2.86. The number of aromatic amines is 1. The number of nitrogens with one attached hydrogen (secondary N) is 1. The van der Waals surface area contributed by atoms with E-state index >= 15 is 0 Å². The number of benzene rings is 1. The maximum Gasteiger partial charge on any atom is 0.123 e. The maximum absolute atomic E-state index is 13.2. The highest BCUT2D eigenvalue weighted by Gasteiger charge is 2.22. The van der Waals surface area contributed by atoms with Crippen LogP contribution in [0.15, 0.2) is 30.5 Å². The summed E-state index contributed by atoms with van der Waals surface area (Å²) in [5.41, 5.74) is 6.69. The number of halogens is 1. The number of aliphatic hydroxyl groups is 2. The van der Waals surface area contributed by atoms with E-state index in [2.05, 4.69) is 10.2 Å². The van der Waals surface area contributed by atoms with Gasteiger partial charge in [-0.1, -0.05) is 12.1 Å². The fourth-order valence-corrected chi connectivity index (χ4v) is 1.73. The molecule has 0 radical (unpaired) electrons. The van der Waals surface area contributed by atoms with E-state index in [9.17, 15) is 14.6 Å². The van der Waals surface area contributed by atoms with Gasteiger partial charge < -0.3 is 15.9 Å². The van der Waals surface area contributed by atoms with Crippen molar-refractivity contribution in [3.05, 3.63) is 41.8 Å². The summed E-state index contributed by atoms with van der Waals surface area (Å²) in [4.78, 5) is 0. The Bertz CT molecular complexity index is 530. The Morgan fingerprint density at radius 2 is 2.17 bits per heavy atom. The van der Waals surface area contributed by atoms with Crippen molar-refractivity contribution in [3.63, 3.8) is 0 Å². The van der Waals surface area contributed by atoms with E-state index in [1.165, 1.54) is 18.3 Å². The second-order valence-electron chi connectivity index (χ2n) is 3.96. The molecule has 0 spiro atoms. The Hall–Kier alpha value is -1.76. The van der Waals surface area contributed by atoms with Gasteiger partial charge in [0.25, 0.3) is 0 Å². The molecule has 0 amide bonds. The third-order valence-corrected chi connectivity index (χ3v) is 2.71. The molecule has 2 aromatic rings. The second kappa shape index (κ2) is 5.26. The molecule has 96 valence electrons. The van der Waals surface area contributed by atoms with Crippen LogP contribution in [0.2, 0.25) is 0 Å². The van der Waals surface area contributed by atoms with E-state index in [1.807, 2.05) is 0 Å². The molecule has 5 N–H and O–H groups in total. The molecule has 2 unspecified atom stereocenters. The van der Waals surface area contributed by atoms with Crippen LogP contribution in [-0.4, -0.2) is 33.1 Å². The highest BCUT2D eigenvalue weighted by atomic mass is 19.1. The Morgan fingerprint density at radius 3 is 2.83 bits per heavy atom. The zero-order valence-electron chi connectivity index (χ0n) is 9.55. The van der Waals surface area contributed by atoms with Gasteiger partial charge in [-0.3, -0.25) is 5.10 Å². The monoisotopic (exact) mass is 251 g/mol. The van der Waals surface area contributed by atoms with Gasteiger partial charge in [-0.05, 0) is 12.1 Å². The first-order chi connectivity index (χ1) is 8.63. The van der Waals surface area contributed by atoms with Crippen molar-refractivity contribution >= 4 is 0 Å². The zero-order chi connectivity index (χ0) is 13.1. The lowest BCUT2D eigenvalue weighted by Crippen LogP contribution is -2.27. The molecule has 0 saturated carbocycles. The van der Waals surface area contributed by atoms with Gasteiger partial charge in [0.05, 0.1) is 18.0 Å². The summed E-state index contributed by atoms with van der Waals surface area (Å²) in [5, 5.41) is 25.9. The predicted molar refractivity (Wildman–Crippen MR) is 64.0 cm³/mol. The molecule has 18 heavy (non-hydrogen) atoms. The molecule has 2 rings (SSSR count). The smallest absolute Gasteiger partial charge is 0.123 e. The van der Waals surface area contributed by atoms with E-state index in [1.54, 1.807) is 12.1 Å². The Morgan fingerprint density at radius 1 is 1.39 bits per heavy atom. The first-order valence-corrected chi connectivity index (χ1v) is 5.49. The Balaban J connectivity index is 2.39. The number of nitrogens with two attached hydrogens (primary N) is 1. The van der Waals surface area contributed by atoms with Crippen molar-refractivity contribution in [3.8, 4) is 11.3 Å². The third-order valence-electron chi connectivity index (χ3n) is 2.71. The van der Waals surface area contributed by atoms with Gasteiger partial charge in [-0.25, -0.2) is 4.39 Å². The maximum atomic E-state index is 13.2. The number of nitrogens with zero attached hydrogens (tertiary/aromatic N) is 1. The second-order valence-corrected chi connectivity index (χ2v) is 3.96. The standard InChI is InChI=1S/C12H14FN3O2/c13-8-3-1-2-7(4-8)11-9(6-15-16-11)12(18)10(17)5-14/h1-4,6,10,12,17-18H,5,14H2,(H,15,16). The molecule has 6 heteroatoms. The lowest BCUT2D eigenvalue weighted by atomic mass is 10.0. The number of aromatic nitrogens is 2. The predicted octanol–water partition coefficient (Wildman–Crippen LogP) is 0.569. The molecular weight excluding hydrogens is 237 g/mol. The largest absolute Gasteiger partial charge is 0.389 e. The summed E-state index contributed by atoms with van der Waals surface area (Å²) in [6.07, 6.45) is -0.856. The van der Waals surface area contributed by atoms with Crippen LogP contribution in [0.4, 0.5) is 4.39 Å². The number of rotatable bonds is 4. The van der Waals surface area contributed by atoms with E-state index in [0.717, 1.165) is 0 Å². The van der Waals surface area contributed by atoms with Crippen LogP contribution in [0.1, 0.15) is 11.7 Å². The molecule has 1 aromatic carbocycles. The van der Waals surface area contributed by atoms with Crippen LogP contribution < -0.4 is 5.73 Å². The number of aliphatic hydroxyl groups excluding tert-OH is 2. The van der Waals surface area contributed by atoms with Crippen molar-refractivity contribution in [2.24, 2.45) is 5.73 Å². The first kappa shape index (κ1) is 12.7.